The zero-order valence-electron chi connectivity index (χ0n) is 80.8. The van der Waals surface area contributed by atoms with Gasteiger partial charge in [-0.2, -0.15) is 0 Å². The maximum atomic E-state index is 16.0. The molecule has 3 aromatic rings. The fourth-order valence-electron chi connectivity index (χ4n) is 16.7. The molecule has 0 radical (unpaired) electrons. The normalized spacial score (nSPS) is 16.0. The number of hydrogen-bond donors (Lipinski definition) is 3. The van der Waals surface area contributed by atoms with E-state index in [-0.39, 0.29) is 43.8 Å². The van der Waals surface area contributed by atoms with E-state index in [4.69, 9.17) is 46.7 Å². The highest BCUT2D eigenvalue weighted by atomic mass is 31.2. The van der Waals surface area contributed by atoms with Gasteiger partial charge in [-0.05, 0) is 87.6 Å². The Balaban J connectivity index is 1.91. The Labute approximate surface area is 774 Å². The molecule has 730 valence electrons. The molecule has 0 bridgehead atoms. The van der Waals surface area contributed by atoms with E-state index in [1.54, 1.807) is 84.9 Å². The van der Waals surface area contributed by atoms with Crippen LogP contribution >= 0.6 is 7.82 Å². The van der Waals surface area contributed by atoms with Gasteiger partial charge in [-0.1, -0.05) is 416 Å². The fraction of sp³-hybridized carbons (Fsp3) is 0.764. The minimum atomic E-state index is -5.09. The Morgan fingerprint density at radius 2 is 0.688 bits per heavy atom. The molecule has 9 atom stereocenters. The second-order valence-electron chi connectivity index (χ2n) is 36.2. The summed E-state index contributed by atoms with van der Waals surface area (Å²) >= 11 is 0. The van der Waals surface area contributed by atoms with E-state index in [1.807, 2.05) is 6.07 Å². The van der Waals surface area contributed by atoms with Gasteiger partial charge in [0, 0.05) is 19.3 Å². The summed E-state index contributed by atoms with van der Waals surface area (Å²) in [5.41, 5.74) is 0.644. The minimum absolute atomic E-state index is 0.0480. The Hall–Kier alpha value is -6.38. The number of amides is 2. The number of aliphatic hydroxyl groups excluding tert-OH is 1. The quantitative estimate of drug-likeness (QED) is 0.0205. The molecule has 2 amide bonds. The average molecular weight is 1810 g/mol. The monoisotopic (exact) mass is 1810 g/mol. The lowest BCUT2D eigenvalue weighted by atomic mass is 9.95. The SMILES string of the molecule is CCCCCCCCCCCC(=O)O[C@H](CCCCCCCCCCC)CC(=O)N[C@@H](COC1O[C@H](CO)[C@@H](OP(=O)(Oc2ccccc2)Oc2ccccc2)[C@H](OC(=O)C[C@@H](CCCCCCCCCCC)OC(=O)CCCCCCCCCCC)[C@H]1NC(=O)C[C@@H](CCCCCCCCCCC)OC(=O)CCCCCCCCCCC)C(=O)OCc1ccccc1. The van der Waals surface area contributed by atoms with E-state index in [0.717, 1.165) is 180 Å². The van der Waals surface area contributed by atoms with Crippen LogP contribution in [0.5, 0.6) is 11.5 Å². The van der Waals surface area contributed by atoms with Gasteiger partial charge >= 0.3 is 37.7 Å². The summed E-state index contributed by atoms with van der Waals surface area (Å²) in [7, 11) is -5.09. The number of rotatable bonds is 85. The molecule has 21 nitrogen and oxygen atoms in total. The lowest BCUT2D eigenvalue weighted by Gasteiger charge is -2.45. The number of benzene rings is 3. The summed E-state index contributed by atoms with van der Waals surface area (Å²) < 4.78 is 80.3. The van der Waals surface area contributed by atoms with Crippen LogP contribution in [0.3, 0.4) is 0 Å². The zero-order valence-corrected chi connectivity index (χ0v) is 81.7. The van der Waals surface area contributed by atoms with Gasteiger partial charge in [0.15, 0.2) is 18.4 Å². The number of esters is 5. The fourth-order valence-corrected chi connectivity index (χ4v) is 18.1. The molecule has 0 saturated carbocycles. The number of para-hydroxylation sites is 2. The average Bonchev–Trinajstić information content (AvgIpc) is 0.770. The topological polar surface area (TPSA) is 273 Å². The van der Waals surface area contributed by atoms with Gasteiger partial charge < -0.3 is 57.9 Å². The number of unbranched alkanes of at least 4 members (excludes halogenated alkanes) is 48. The highest BCUT2D eigenvalue weighted by Crippen LogP contribution is 2.53. The third-order valence-electron chi connectivity index (χ3n) is 24.3. The Bertz CT molecular complexity index is 3230. The van der Waals surface area contributed by atoms with Crippen molar-refractivity contribution in [1.29, 1.82) is 0 Å². The van der Waals surface area contributed by atoms with Gasteiger partial charge in [0.05, 0.1) is 32.5 Å². The number of carbonyl (C=O) groups is 7. The van der Waals surface area contributed by atoms with Gasteiger partial charge in [-0.15, -0.1) is 0 Å². The molecule has 1 aliphatic heterocycles. The van der Waals surface area contributed by atoms with E-state index in [9.17, 15) is 29.1 Å². The Morgan fingerprint density at radius 1 is 0.375 bits per heavy atom. The van der Waals surface area contributed by atoms with Crippen LogP contribution in [0, 0.1) is 0 Å². The third kappa shape index (κ3) is 57.8. The number of phosphoric acid groups is 1. The summed E-state index contributed by atoms with van der Waals surface area (Å²) in [6.45, 7) is 11.3. The van der Waals surface area contributed by atoms with Crippen molar-refractivity contribution in [2.45, 2.75) is 508 Å². The van der Waals surface area contributed by atoms with Crippen LogP contribution in [0.25, 0.3) is 0 Å². The van der Waals surface area contributed by atoms with Crippen molar-refractivity contribution in [2.24, 2.45) is 0 Å². The Morgan fingerprint density at radius 3 is 1.03 bits per heavy atom. The maximum absolute atomic E-state index is 16.0. The molecule has 1 fully saturated rings. The summed E-state index contributed by atoms with van der Waals surface area (Å²) in [5.74, 6) is -4.45. The molecule has 0 aromatic heterocycles. The van der Waals surface area contributed by atoms with Crippen LogP contribution in [0.1, 0.15) is 452 Å². The van der Waals surface area contributed by atoms with Crippen molar-refractivity contribution < 1.29 is 90.0 Å². The van der Waals surface area contributed by atoms with Gasteiger partial charge in [-0.25, -0.2) is 9.36 Å². The summed E-state index contributed by atoms with van der Waals surface area (Å²) in [5, 5.41) is 17.8. The van der Waals surface area contributed by atoms with E-state index in [1.165, 1.54) is 128 Å². The van der Waals surface area contributed by atoms with Crippen LogP contribution in [0.4, 0.5) is 0 Å². The molecule has 1 unspecified atom stereocenters. The number of hydrogen-bond acceptors (Lipinski definition) is 19. The van der Waals surface area contributed by atoms with Crippen molar-refractivity contribution in [3.63, 3.8) is 0 Å². The van der Waals surface area contributed by atoms with Crippen molar-refractivity contribution in [3.05, 3.63) is 96.6 Å². The number of carbonyl (C=O) groups excluding carboxylic acids is 7. The first kappa shape index (κ1) is 114. The van der Waals surface area contributed by atoms with Crippen LogP contribution in [0.2, 0.25) is 0 Å². The largest absolute Gasteiger partial charge is 0.588 e. The lowest BCUT2D eigenvalue weighted by Crippen LogP contribution is -2.67. The number of nitrogens with one attached hydrogen (secondary N) is 2. The first-order valence-electron chi connectivity index (χ1n) is 51.8. The second-order valence-corrected chi connectivity index (χ2v) is 37.7. The van der Waals surface area contributed by atoms with Crippen LogP contribution in [0.15, 0.2) is 91.0 Å². The van der Waals surface area contributed by atoms with E-state index in [0.29, 0.717) is 63.4 Å². The molecule has 22 heteroatoms. The molecule has 1 heterocycles. The van der Waals surface area contributed by atoms with Gasteiger partial charge in [0.25, 0.3) is 0 Å². The summed E-state index contributed by atoms with van der Waals surface area (Å²) in [6.07, 6.45) is 46.8. The first-order chi connectivity index (χ1) is 62.5. The van der Waals surface area contributed by atoms with E-state index in [2.05, 4.69) is 52.2 Å². The number of aliphatic hydroxyl groups is 1. The number of phosphoric ester groups is 1. The highest BCUT2D eigenvalue weighted by Gasteiger charge is 2.54. The van der Waals surface area contributed by atoms with Crippen molar-refractivity contribution in [3.8, 4) is 11.5 Å². The molecular formula is C106H177N2O19P. The third-order valence-corrected chi connectivity index (χ3v) is 25.7. The van der Waals surface area contributed by atoms with Gasteiger partial charge in [0.1, 0.15) is 54.7 Å². The van der Waals surface area contributed by atoms with Crippen LogP contribution in [-0.2, 0) is 82.4 Å². The summed E-state index contributed by atoms with van der Waals surface area (Å²) in [6, 6.07) is 21.9. The molecule has 0 spiro atoms. The second kappa shape index (κ2) is 77.1. The van der Waals surface area contributed by atoms with E-state index >= 15 is 14.2 Å². The molecular weight excluding hydrogens is 1640 g/mol. The maximum Gasteiger partial charge on any atom is 0.588 e. The molecule has 0 aliphatic carbocycles. The Kier molecular flexibility index (Phi) is 68.6. The smallest absolute Gasteiger partial charge is 0.462 e. The predicted octanol–water partition coefficient (Wildman–Crippen LogP) is 27.4. The lowest BCUT2D eigenvalue weighted by molar-refractivity contribution is -0.272. The molecule has 128 heavy (non-hydrogen) atoms. The first-order valence-corrected chi connectivity index (χ1v) is 53.2. The summed E-state index contributed by atoms with van der Waals surface area (Å²) in [4.78, 5) is 103. The van der Waals surface area contributed by atoms with Crippen molar-refractivity contribution in [2.75, 3.05) is 13.2 Å². The van der Waals surface area contributed by atoms with Gasteiger partial charge in [-0.3, -0.25) is 33.3 Å². The van der Waals surface area contributed by atoms with Crippen LogP contribution < -0.4 is 19.7 Å². The predicted molar refractivity (Wildman–Crippen MR) is 513 cm³/mol. The van der Waals surface area contributed by atoms with Crippen molar-refractivity contribution in [1.82, 2.24) is 10.6 Å². The number of ether oxygens (including phenoxy) is 7. The zero-order chi connectivity index (χ0) is 92.2. The van der Waals surface area contributed by atoms with Gasteiger partial charge in [0.2, 0.25) is 11.8 Å². The molecule has 4 rings (SSSR count). The minimum Gasteiger partial charge on any atom is -0.462 e. The van der Waals surface area contributed by atoms with Crippen molar-refractivity contribution >= 4 is 49.5 Å². The van der Waals surface area contributed by atoms with Crippen LogP contribution in [-0.4, -0.2) is 115 Å². The standard InChI is InChI=1S/C106H177N2O19P/c1-7-13-19-25-31-37-43-49-60-76-91(120-98(112)79-67-52-46-40-34-28-22-16-10-4)82-96(110)107-94(105(116)118-86-88-70-58-55-59-71-88)87-119-106-102(108-97(111)83-92(77-61-50-44-38-32-26-20-14-8-2)121-99(113)80-68-53-47-41-35-29-23-17-11-5)104(103(95(85-109)123-106)127-128(117,125-89-72-63-56-64-73-89)126-90-74-65-57-66-75-90)124-101(115)84-93(78-62-51-45-39-33-27-21-15-9-3)122-100(114)81-69-54-48-42-36-30-24-18-12-6/h55-59,63-66,70-75,91-95,102-104,106,109H,7-54,60-62,67-69,76-87H2,1-6H3,(H,107,110)(H,108,111)/t91-,92-,93-,94+,95-,102-,103-,104-,106?/m1/s1. The molecule has 1 aliphatic rings. The molecule has 3 N–H and O–H groups in total. The van der Waals surface area contributed by atoms with E-state index < -0.39 is 131 Å². The highest BCUT2D eigenvalue weighted by molar-refractivity contribution is 7.49. The molecule has 1 saturated heterocycles. The molecule has 3 aromatic carbocycles.